The molecule has 1 N–H and O–H groups in total. The molecule has 0 radical (unpaired) electrons. The van der Waals surface area contributed by atoms with Crippen LogP contribution in [-0.2, 0) is 11.2 Å². The Bertz CT molecular complexity index is 305. The standard InChI is InChI=1S/C11H13NO2/c1-14-11(10(13)8-12)7-9-5-3-2-4-6-9/h2-6,10-11,13H,7H2,1H3/t10-,11+/m1/s1. The van der Waals surface area contributed by atoms with E-state index in [1.54, 1.807) is 6.07 Å². The Morgan fingerprint density at radius 1 is 1.43 bits per heavy atom. The molecule has 0 aliphatic rings. The van der Waals surface area contributed by atoms with Gasteiger partial charge in [-0.15, -0.1) is 0 Å². The van der Waals surface area contributed by atoms with Crippen molar-refractivity contribution in [3.8, 4) is 6.07 Å². The van der Waals surface area contributed by atoms with Gasteiger partial charge in [-0.2, -0.15) is 5.26 Å². The minimum atomic E-state index is -1.07. The Balaban J connectivity index is 2.63. The van der Waals surface area contributed by atoms with E-state index < -0.39 is 12.2 Å². The van der Waals surface area contributed by atoms with E-state index in [-0.39, 0.29) is 0 Å². The van der Waals surface area contributed by atoms with Crippen molar-refractivity contribution >= 4 is 0 Å². The highest BCUT2D eigenvalue weighted by atomic mass is 16.5. The van der Waals surface area contributed by atoms with Crippen LogP contribution in [0.5, 0.6) is 0 Å². The third-order valence-electron chi connectivity index (χ3n) is 2.07. The van der Waals surface area contributed by atoms with Gasteiger partial charge < -0.3 is 9.84 Å². The van der Waals surface area contributed by atoms with Gasteiger partial charge in [0.2, 0.25) is 0 Å². The van der Waals surface area contributed by atoms with Crippen molar-refractivity contribution in [1.29, 1.82) is 5.26 Å². The van der Waals surface area contributed by atoms with Crippen LogP contribution >= 0.6 is 0 Å². The number of rotatable bonds is 4. The number of hydrogen-bond acceptors (Lipinski definition) is 3. The number of benzene rings is 1. The second-order valence-corrected chi connectivity index (χ2v) is 3.04. The Labute approximate surface area is 83.6 Å². The van der Waals surface area contributed by atoms with E-state index in [0.717, 1.165) is 5.56 Å². The summed E-state index contributed by atoms with van der Waals surface area (Å²) in [7, 11) is 1.49. The zero-order valence-electron chi connectivity index (χ0n) is 8.05. The second-order valence-electron chi connectivity index (χ2n) is 3.04. The number of hydrogen-bond donors (Lipinski definition) is 1. The molecule has 0 spiro atoms. The van der Waals surface area contributed by atoms with Crippen LogP contribution in [0.15, 0.2) is 30.3 Å². The maximum absolute atomic E-state index is 9.29. The van der Waals surface area contributed by atoms with Crippen molar-refractivity contribution in [3.63, 3.8) is 0 Å². The molecule has 0 aliphatic heterocycles. The van der Waals surface area contributed by atoms with Crippen LogP contribution in [0.4, 0.5) is 0 Å². The highest BCUT2D eigenvalue weighted by molar-refractivity contribution is 5.16. The minimum Gasteiger partial charge on any atom is -0.377 e. The van der Waals surface area contributed by atoms with Crippen molar-refractivity contribution in [2.45, 2.75) is 18.6 Å². The maximum atomic E-state index is 9.29. The molecule has 3 nitrogen and oxygen atoms in total. The van der Waals surface area contributed by atoms with E-state index in [2.05, 4.69) is 0 Å². The molecule has 0 unspecified atom stereocenters. The summed E-state index contributed by atoms with van der Waals surface area (Å²) in [4.78, 5) is 0. The van der Waals surface area contributed by atoms with E-state index in [9.17, 15) is 5.11 Å². The molecule has 1 aromatic rings. The van der Waals surface area contributed by atoms with Gasteiger partial charge in [0.05, 0.1) is 6.07 Å². The largest absolute Gasteiger partial charge is 0.377 e. The minimum absolute atomic E-state index is 0.456. The smallest absolute Gasteiger partial charge is 0.166 e. The molecule has 0 aromatic heterocycles. The van der Waals surface area contributed by atoms with Crippen molar-refractivity contribution < 1.29 is 9.84 Å². The molecule has 0 heterocycles. The summed E-state index contributed by atoms with van der Waals surface area (Å²) < 4.78 is 5.03. The van der Waals surface area contributed by atoms with Crippen LogP contribution in [0.25, 0.3) is 0 Å². The Kier molecular flexibility index (Phi) is 4.11. The van der Waals surface area contributed by atoms with Crippen LogP contribution in [0, 0.1) is 11.3 Å². The number of nitrogens with zero attached hydrogens (tertiary/aromatic N) is 1. The number of nitriles is 1. The first-order chi connectivity index (χ1) is 6.77. The second kappa shape index (κ2) is 5.38. The summed E-state index contributed by atoms with van der Waals surface area (Å²) in [6, 6.07) is 11.4. The van der Waals surface area contributed by atoms with Gasteiger partial charge in [-0.25, -0.2) is 0 Å². The van der Waals surface area contributed by atoms with Crippen LogP contribution < -0.4 is 0 Å². The van der Waals surface area contributed by atoms with Crippen molar-refractivity contribution in [3.05, 3.63) is 35.9 Å². The van der Waals surface area contributed by atoms with E-state index in [1.165, 1.54) is 7.11 Å². The lowest BCUT2D eigenvalue weighted by molar-refractivity contribution is 0.0163. The normalized spacial score (nSPS) is 14.4. The van der Waals surface area contributed by atoms with E-state index >= 15 is 0 Å². The fourth-order valence-electron chi connectivity index (χ4n) is 1.25. The van der Waals surface area contributed by atoms with E-state index in [4.69, 9.17) is 10.00 Å². The van der Waals surface area contributed by atoms with Gasteiger partial charge in [-0.3, -0.25) is 0 Å². The van der Waals surface area contributed by atoms with Crippen LogP contribution in [0.1, 0.15) is 5.56 Å². The summed E-state index contributed by atoms with van der Waals surface area (Å²) in [5, 5.41) is 17.8. The molecule has 1 aromatic carbocycles. The number of aliphatic hydroxyl groups is 1. The average Bonchev–Trinajstić information content (AvgIpc) is 2.26. The fourth-order valence-corrected chi connectivity index (χ4v) is 1.25. The highest BCUT2D eigenvalue weighted by Crippen LogP contribution is 2.08. The van der Waals surface area contributed by atoms with Crippen molar-refractivity contribution in [1.82, 2.24) is 0 Å². The Hall–Kier alpha value is -1.37. The van der Waals surface area contributed by atoms with Gasteiger partial charge in [-0.05, 0) is 5.56 Å². The molecular weight excluding hydrogens is 178 g/mol. The third-order valence-corrected chi connectivity index (χ3v) is 2.07. The zero-order valence-corrected chi connectivity index (χ0v) is 8.05. The first kappa shape index (κ1) is 10.7. The molecule has 0 bridgehead atoms. The molecule has 0 aliphatic carbocycles. The van der Waals surface area contributed by atoms with Gasteiger partial charge in [0.1, 0.15) is 6.10 Å². The van der Waals surface area contributed by atoms with Crippen LogP contribution in [-0.4, -0.2) is 24.4 Å². The Morgan fingerprint density at radius 2 is 2.07 bits per heavy atom. The average molecular weight is 191 g/mol. The van der Waals surface area contributed by atoms with Gasteiger partial charge >= 0.3 is 0 Å². The van der Waals surface area contributed by atoms with Gasteiger partial charge in [-0.1, -0.05) is 30.3 Å². The molecular formula is C11H13NO2. The lowest BCUT2D eigenvalue weighted by Crippen LogP contribution is -2.28. The summed E-state index contributed by atoms with van der Waals surface area (Å²) in [5.74, 6) is 0. The molecule has 74 valence electrons. The number of methoxy groups -OCH3 is 1. The van der Waals surface area contributed by atoms with Crippen molar-refractivity contribution in [2.75, 3.05) is 7.11 Å². The molecule has 0 saturated heterocycles. The first-order valence-electron chi connectivity index (χ1n) is 4.42. The van der Waals surface area contributed by atoms with Crippen LogP contribution in [0.3, 0.4) is 0 Å². The van der Waals surface area contributed by atoms with Gasteiger partial charge in [0.15, 0.2) is 6.10 Å². The molecule has 0 fully saturated rings. The lowest BCUT2D eigenvalue weighted by Gasteiger charge is -2.16. The third kappa shape index (κ3) is 2.84. The molecule has 0 amide bonds. The fraction of sp³-hybridized carbons (Fsp3) is 0.364. The summed E-state index contributed by atoms with van der Waals surface area (Å²) >= 11 is 0. The quantitative estimate of drug-likeness (QED) is 0.726. The highest BCUT2D eigenvalue weighted by Gasteiger charge is 2.17. The predicted molar refractivity (Wildman–Crippen MR) is 52.6 cm³/mol. The topological polar surface area (TPSA) is 53.2 Å². The molecule has 3 heteroatoms. The first-order valence-corrected chi connectivity index (χ1v) is 4.42. The summed E-state index contributed by atoms with van der Waals surface area (Å²) in [6.07, 6.45) is -0.978. The predicted octanol–water partition coefficient (Wildman–Crippen LogP) is 1.13. The number of ether oxygens (including phenoxy) is 1. The van der Waals surface area contributed by atoms with E-state index in [1.807, 2.05) is 30.3 Å². The molecule has 2 atom stereocenters. The monoisotopic (exact) mass is 191 g/mol. The van der Waals surface area contributed by atoms with Crippen LogP contribution in [0.2, 0.25) is 0 Å². The molecule has 1 rings (SSSR count). The molecule has 0 saturated carbocycles. The van der Waals surface area contributed by atoms with Crippen molar-refractivity contribution in [2.24, 2.45) is 0 Å². The molecule has 14 heavy (non-hydrogen) atoms. The lowest BCUT2D eigenvalue weighted by atomic mass is 10.0. The summed E-state index contributed by atoms with van der Waals surface area (Å²) in [6.45, 7) is 0. The van der Waals surface area contributed by atoms with Gasteiger partial charge in [0, 0.05) is 13.5 Å². The zero-order chi connectivity index (χ0) is 10.4. The number of aliphatic hydroxyl groups excluding tert-OH is 1. The van der Waals surface area contributed by atoms with Gasteiger partial charge in [0.25, 0.3) is 0 Å². The summed E-state index contributed by atoms with van der Waals surface area (Å²) in [5.41, 5.74) is 1.05. The Morgan fingerprint density at radius 3 is 2.57 bits per heavy atom. The maximum Gasteiger partial charge on any atom is 0.166 e. The van der Waals surface area contributed by atoms with E-state index in [0.29, 0.717) is 6.42 Å². The SMILES string of the molecule is CO[C@@H](Cc1ccccc1)[C@H](O)C#N.